The van der Waals surface area contributed by atoms with Gasteiger partial charge in [-0.25, -0.2) is 9.37 Å². The zero-order valence-corrected chi connectivity index (χ0v) is 11.1. The van der Waals surface area contributed by atoms with Gasteiger partial charge >= 0.3 is 0 Å². The normalized spacial score (nSPS) is 10.8. The molecule has 0 saturated heterocycles. The quantitative estimate of drug-likeness (QED) is 0.925. The number of rotatable bonds is 4. The first kappa shape index (κ1) is 12.5. The van der Waals surface area contributed by atoms with Gasteiger partial charge in [0.1, 0.15) is 5.82 Å². The number of thiazole rings is 1. The number of nitrogens with two attached hydrogens (primary N) is 1. The number of benzene rings is 1. The van der Waals surface area contributed by atoms with E-state index in [4.69, 9.17) is 5.73 Å². The van der Waals surface area contributed by atoms with Crippen molar-refractivity contribution < 1.29 is 4.39 Å². The van der Waals surface area contributed by atoms with E-state index in [1.54, 1.807) is 35.2 Å². The van der Waals surface area contributed by atoms with Crippen LogP contribution in [0, 0.1) is 12.7 Å². The van der Waals surface area contributed by atoms with E-state index in [1.807, 2.05) is 12.3 Å². The summed E-state index contributed by atoms with van der Waals surface area (Å²) >= 11 is 3.17. The largest absolute Gasteiger partial charge is 0.330 e. The van der Waals surface area contributed by atoms with Gasteiger partial charge in [-0.3, -0.25) is 0 Å². The molecule has 2 nitrogen and oxygen atoms in total. The van der Waals surface area contributed by atoms with E-state index < -0.39 is 0 Å². The summed E-state index contributed by atoms with van der Waals surface area (Å²) in [5, 5.41) is 2.01. The first-order valence-electron chi connectivity index (χ1n) is 5.27. The third-order valence-corrected chi connectivity index (χ3v) is 4.41. The van der Waals surface area contributed by atoms with E-state index in [1.165, 1.54) is 6.07 Å². The molecule has 90 valence electrons. The molecule has 0 spiro atoms. The first-order valence-corrected chi connectivity index (χ1v) is 6.97. The second kappa shape index (κ2) is 5.62. The van der Waals surface area contributed by atoms with Gasteiger partial charge in [0.05, 0.1) is 0 Å². The molecule has 0 unspecified atom stereocenters. The molecule has 1 aromatic heterocycles. The highest BCUT2D eigenvalue weighted by atomic mass is 32.2. The van der Waals surface area contributed by atoms with Gasteiger partial charge in [0.2, 0.25) is 0 Å². The summed E-state index contributed by atoms with van der Waals surface area (Å²) in [4.78, 5) is 5.42. The van der Waals surface area contributed by atoms with Gasteiger partial charge in [-0.1, -0.05) is 11.8 Å². The van der Waals surface area contributed by atoms with E-state index in [0.717, 1.165) is 20.5 Å². The van der Waals surface area contributed by atoms with Crippen molar-refractivity contribution >= 4 is 23.1 Å². The average Bonchev–Trinajstić information content (AvgIpc) is 2.69. The lowest BCUT2D eigenvalue weighted by Crippen LogP contribution is -2.04. The predicted molar refractivity (Wildman–Crippen MR) is 70.1 cm³/mol. The molecule has 0 radical (unpaired) electrons. The van der Waals surface area contributed by atoms with Crippen molar-refractivity contribution in [1.82, 2.24) is 4.98 Å². The molecule has 0 aliphatic rings. The van der Waals surface area contributed by atoms with Crippen LogP contribution in [0.5, 0.6) is 0 Å². The lowest BCUT2D eigenvalue weighted by molar-refractivity contribution is 0.623. The monoisotopic (exact) mass is 268 g/mol. The smallest absolute Gasteiger partial charge is 0.154 e. The Balaban J connectivity index is 2.25. The van der Waals surface area contributed by atoms with E-state index in [9.17, 15) is 4.39 Å². The van der Waals surface area contributed by atoms with Crippen LogP contribution in [0.2, 0.25) is 0 Å². The van der Waals surface area contributed by atoms with Crippen LogP contribution in [-0.4, -0.2) is 11.5 Å². The van der Waals surface area contributed by atoms with Crippen molar-refractivity contribution in [2.45, 2.75) is 22.6 Å². The maximum absolute atomic E-state index is 13.2. The van der Waals surface area contributed by atoms with Crippen LogP contribution in [0.25, 0.3) is 0 Å². The van der Waals surface area contributed by atoms with Gasteiger partial charge in [0, 0.05) is 16.0 Å². The molecule has 0 atom stereocenters. The minimum atomic E-state index is -0.215. The molecule has 2 aromatic rings. The molecule has 0 amide bonds. The van der Waals surface area contributed by atoms with Crippen molar-refractivity contribution in [1.29, 1.82) is 0 Å². The van der Waals surface area contributed by atoms with E-state index in [2.05, 4.69) is 4.98 Å². The Morgan fingerprint density at radius 1 is 1.47 bits per heavy atom. The molecule has 0 bridgehead atoms. The van der Waals surface area contributed by atoms with Crippen molar-refractivity contribution in [2.75, 3.05) is 6.54 Å². The molecular formula is C12H13FN2S2. The summed E-state index contributed by atoms with van der Waals surface area (Å²) in [5.74, 6) is -0.215. The molecule has 1 aromatic carbocycles. The standard InChI is InChI=1S/C12H13FN2S2/c1-8-7-16-12(15-8)17-11-3-2-10(13)6-9(11)4-5-14/h2-3,6-7H,4-5,14H2,1H3. The second-order valence-corrected chi connectivity index (χ2v) is 5.79. The zero-order valence-electron chi connectivity index (χ0n) is 9.44. The molecule has 0 fully saturated rings. The van der Waals surface area contributed by atoms with Crippen molar-refractivity contribution in [3.63, 3.8) is 0 Å². The van der Waals surface area contributed by atoms with Crippen LogP contribution < -0.4 is 5.73 Å². The van der Waals surface area contributed by atoms with Crippen LogP contribution in [0.15, 0.2) is 32.8 Å². The Kier molecular flexibility index (Phi) is 4.15. The number of aromatic nitrogens is 1. The van der Waals surface area contributed by atoms with Gasteiger partial charge in [-0.2, -0.15) is 0 Å². The third kappa shape index (κ3) is 3.28. The summed E-state index contributed by atoms with van der Waals surface area (Å²) < 4.78 is 14.1. The summed E-state index contributed by atoms with van der Waals surface area (Å²) in [7, 11) is 0. The number of halogens is 1. The summed E-state index contributed by atoms with van der Waals surface area (Å²) in [6.07, 6.45) is 0.685. The van der Waals surface area contributed by atoms with Crippen LogP contribution >= 0.6 is 23.1 Å². The zero-order chi connectivity index (χ0) is 12.3. The number of hydrogen-bond donors (Lipinski definition) is 1. The highest BCUT2D eigenvalue weighted by Crippen LogP contribution is 2.33. The first-order chi connectivity index (χ1) is 8.19. The molecule has 0 aliphatic heterocycles. The van der Waals surface area contributed by atoms with Crippen LogP contribution in [0.1, 0.15) is 11.3 Å². The van der Waals surface area contributed by atoms with Gasteiger partial charge in [0.15, 0.2) is 4.34 Å². The average molecular weight is 268 g/mol. The second-order valence-electron chi connectivity index (χ2n) is 3.65. The van der Waals surface area contributed by atoms with Crippen LogP contribution in [-0.2, 0) is 6.42 Å². The number of nitrogens with zero attached hydrogens (tertiary/aromatic N) is 1. The maximum Gasteiger partial charge on any atom is 0.154 e. The molecule has 5 heteroatoms. The minimum Gasteiger partial charge on any atom is -0.330 e. The fraction of sp³-hybridized carbons (Fsp3) is 0.250. The molecule has 2 rings (SSSR count). The molecule has 2 N–H and O–H groups in total. The summed E-state index contributed by atoms with van der Waals surface area (Å²) in [5.41, 5.74) is 7.50. The Labute approximate surface area is 108 Å². The van der Waals surface area contributed by atoms with E-state index in [-0.39, 0.29) is 5.82 Å². The topological polar surface area (TPSA) is 38.9 Å². The number of hydrogen-bond acceptors (Lipinski definition) is 4. The molecule has 0 aliphatic carbocycles. The lowest BCUT2D eigenvalue weighted by Gasteiger charge is -2.06. The Bertz CT molecular complexity index is 511. The minimum absolute atomic E-state index is 0.215. The van der Waals surface area contributed by atoms with Gasteiger partial charge in [-0.15, -0.1) is 11.3 Å². The molecule has 1 heterocycles. The SMILES string of the molecule is Cc1csc(Sc2ccc(F)cc2CCN)n1. The molecular weight excluding hydrogens is 255 g/mol. The van der Waals surface area contributed by atoms with E-state index in [0.29, 0.717) is 13.0 Å². The fourth-order valence-electron chi connectivity index (χ4n) is 1.47. The number of aryl methyl sites for hydroxylation is 1. The van der Waals surface area contributed by atoms with Crippen molar-refractivity contribution in [3.8, 4) is 0 Å². The predicted octanol–water partition coefficient (Wildman–Crippen LogP) is 3.24. The highest BCUT2D eigenvalue weighted by Gasteiger charge is 2.08. The van der Waals surface area contributed by atoms with Crippen molar-refractivity contribution in [2.24, 2.45) is 5.73 Å². The Hall–Kier alpha value is -0.910. The van der Waals surface area contributed by atoms with Crippen LogP contribution in [0.4, 0.5) is 4.39 Å². The lowest BCUT2D eigenvalue weighted by atomic mass is 10.1. The Morgan fingerprint density at radius 3 is 2.94 bits per heavy atom. The van der Waals surface area contributed by atoms with Gasteiger partial charge in [0.25, 0.3) is 0 Å². The van der Waals surface area contributed by atoms with Gasteiger partial charge < -0.3 is 5.73 Å². The fourth-order valence-corrected chi connectivity index (χ4v) is 3.40. The van der Waals surface area contributed by atoms with Gasteiger partial charge in [-0.05, 0) is 43.7 Å². The highest BCUT2D eigenvalue weighted by molar-refractivity contribution is 8.01. The van der Waals surface area contributed by atoms with E-state index >= 15 is 0 Å². The van der Waals surface area contributed by atoms with Crippen LogP contribution in [0.3, 0.4) is 0 Å². The summed E-state index contributed by atoms with van der Waals surface area (Å²) in [6.45, 7) is 2.49. The molecule has 0 saturated carbocycles. The maximum atomic E-state index is 13.2. The van der Waals surface area contributed by atoms with Crippen molar-refractivity contribution in [3.05, 3.63) is 40.7 Å². The summed E-state index contributed by atoms with van der Waals surface area (Å²) in [6, 6.07) is 4.82. The Morgan fingerprint density at radius 2 is 2.29 bits per heavy atom. The molecule has 17 heavy (non-hydrogen) atoms. The third-order valence-electron chi connectivity index (χ3n) is 2.23.